The molecule has 38 heavy (non-hydrogen) atoms. The van der Waals surface area contributed by atoms with Gasteiger partial charge in [-0.15, -0.1) is 0 Å². The maximum Gasteiger partial charge on any atom is 0.319 e. The summed E-state index contributed by atoms with van der Waals surface area (Å²) in [6.07, 6.45) is 8.00. The number of amides is 3. The molecule has 2 fully saturated rings. The van der Waals surface area contributed by atoms with Gasteiger partial charge >= 0.3 is 6.03 Å². The van der Waals surface area contributed by atoms with Crippen molar-refractivity contribution in [1.82, 2.24) is 5.32 Å². The second-order valence-electron chi connectivity index (χ2n) is 10.3. The van der Waals surface area contributed by atoms with E-state index in [4.69, 9.17) is 9.47 Å². The van der Waals surface area contributed by atoms with E-state index in [0.717, 1.165) is 49.3 Å². The van der Waals surface area contributed by atoms with Gasteiger partial charge in [0.05, 0.1) is 24.8 Å². The molecule has 1 heterocycles. The number of nitrogens with one attached hydrogen (secondary N) is 2. The molecule has 0 bridgehead atoms. The molecule has 9 nitrogen and oxygen atoms in total. The van der Waals surface area contributed by atoms with Crippen LogP contribution in [-0.4, -0.2) is 40.1 Å². The van der Waals surface area contributed by atoms with Gasteiger partial charge in [-0.1, -0.05) is 32.1 Å². The van der Waals surface area contributed by atoms with Crippen LogP contribution >= 0.6 is 0 Å². The summed E-state index contributed by atoms with van der Waals surface area (Å²) in [6, 6.07) is 9.35. The Hall–Kier alpha value is -3.27. The Bertz CT molecular complexity index is 1330. The number of nitrogens with zero attached hydrogens (tertiary/aromatic N) is 1. The van der Waals surface area contributed by atoms with E-state index in [9.17, 15) is 18.0 Å². The van der Waals surface area contributed by atoms with Gasteiger partial charge in [0.15, 0.2) is 0 Å². The molecule has 0 saturated heterocycles. The highest BCUT2D eigenvalue weighted by Gasteiger charge is 2.55. The molecule has 0 aromatic heterocycles. The summed E-state index contributed by atoms with van der Waals surface area (Å²) in [5.41, 5.74) is 0.577. The fourth-order valence-corrected chi connectivity index (χ4v) is 7.75. The second kappa shape index (κ2) is 10.5. The molecule has 2 N–H and O–H groups in total. The van der Waals surface area contributed by atoms with E-state index in [2.05, 4.69) is 10.6 Å². The third kappa shape index (κ3) is 4.59. The molecule has 0 atom stereocenters. The van der Waals surface area contributed by atoms with Crippen LogP contribution in [0.5, 0.6) is 11.5 Å². The Morgan fingerprint density at radius 3 is 2.47 bits per heavy atom. The zero-order chi connectivity index (χ0) is 26.9. The first-order valence-corrected chi connectivity index (χ1v) is 14.9. The standard InChI is InChI=1S/C28H35N3O6S/c1-3-37-21-12-13-23-22(18-21)28(15-7-4-8-16-28)26(32)31(23)38(34,35)25-14-11-20(17-24(25)36-2)30-27(33)29-19-9-5-6-10-19/h11-14,17-19H,3-10,15-16H2,1-2H3,(H2,29,30,33). The number of benzene rings is 2. The lowest BCUT2D eigenvalue weighted by molar-refractivity contribution is -0.123. The van der Waals surface area contributed by atoms with Crippen molar-refractivity contribution in [3.8, 4) is 11.5 Å². The molecule has 2 saturated carbocycles. The first-order valence-electron chi connectivity index (χ1n) is 13.4. The summed E-state index contributed by atoms with van der Waals surface area (Å²) in [6.45, 7) is 2.35. The van der Waals surface area contributed by atoms with Gasteiger partial charge in [0.25, 0.3) is 15.9 Å². The van der Waals surface area contributed by atoms with E-state index in [1.54, 1.807) is 12.1 Å². The van der Waals surface area contributed by atoms with E-state index in [1.807, 2.05) is 13.0 Å². The fraction of sp³-hybridized carbons (Fsp3) is 0.500. The molecule has 3 aliphatic rings. The molecule has 1 spiro atoms. The second-order valence-corrected chi connectivity index (χ2v) is 12.0. The minimum Gasteiger partial charge on any atom is -0.495 e. The minimum atomic E-state index is -4.32. The number of sulfonamides is 1. The van der Waals surface area contributed by atoms with Gasteiger partial charge in [-0.05, 0) is 68.5 Å². The van der Waals surface area contributed by atoms with Crippen molar-refractivity contribution in [3.63, 3.8) is 0 Å². The lowest BCUT2D eigenvalue weighted by Gasteiger charge is -2.32. The summed E-state index contributed by atoms with van der Waals surface area (Å²) >= 11 is 0. The Kier molecular flexibility index (Phi) is 7.26. The number of hydrogen-bond donors (Lipinski definition) is 2. The van der Waals surface area contributed by atoms with Crippen molar-refractivity contribution in [1.29, 1.82) is 0 Å². The number of urea groups is 1. The number of rotatable bonds is 7. The van der Waals surface area contributed by atoms with Crippen LogP contribution in [0.1, 0.15) is 70.3 Å². The van der Waals surface area contributed by atoms with Crippen molar-refractivity contribution >= 4 is 33.3 Å². The summed E-state index contributed by atoms with van der Waals surface area (Å²) < 4.78 is 40.2. The topological polar surface area (TPSA) is 114 Å². The quantitative estimate of drug-likeness (QED) is 0.504. The summed E-state index contributed by atoms with van der Waals surface area (Å²) in [4.78, 5) is 26.3. The Labute approximate surface area is 223 Å². The van der Waals surface area contributed by atoms with Crippen LogP contribution in [-0.2, 0) is 20.2 Å². The number of carbonyl (C=O) groups excluding carboxylic acids is 2. The molecule has 5 rings (SSSR count). The maximum absolute atomic E-state index is 14.1. The van der Waals surface area contributed by atoms with Crippen LogP contribution in [0.4, 0.5) is 16.2 Å². The van der Waals surface area contributed by atoms with Crippen LogP contribution in [0.3, 0.4) is 0 Å². The van der Waals surface area contributed by atoms with E-state index in [1.165, 1.54) is 25.3 Å². The Morgan fingerprint density at radius 1 is 1.05 bits per heavy atom. The lowest BCUT2D eigenvalue weighted by atomic mass is 9.70. The lowest BCUT2D eigenvalue weighted by Crippen LogP contribution is -2.44. The van der Waals surface area contributed by atoms with Gasteiger partial charge in [0, 0.05) is 17.8 Å². The first kappa shape index (κ1) is 26.3. The number of anilines is 2. The first-order chi connectivity index (χ1) is 18.3. The van der Waals surface area contributed by atoms with E-state index < -0.39 is 21.3 Å². The molecule has 1 aliphatic heterocycles. The minimum absolute atomic E-state index is 0.0496. The smallest absolute Gasteiger partial charge is 0.319 e. The van der Waals surface area contributed by atoms with Crippen LogP contribution < -0.4 is 24.4 Å². The molecule has 0 unspecified atom stereocenters. The third-order valence-electron chi connectivity index (χ3n) is 7.94. The van der Waals surface area contributed by atoms with Crippen molar-refractivity contribution in [2.24, 2.45) is 0 Å². The van der Waals surface area contributed by atoms with Gasteiger partial charge in [0.2, 0.25) is 0 Å². The maximum atomic E-state index is 14.1. The Balaban J connectivity index is 1.49. The zero-order valence-corrected chi connectivity index (χ0v) is 22.7. The zero-order valence-electron chi connectivity index (χ0n) is 21.9. The summed E-state index contributed by atoms with van der Waals surface area (Å²) in [7, 11) is -2.95. The monoisotopic (exact) mass is 541 g/mol. The van der Waals surface area contributed by atoms with Crippen molar-refractivity contribution in [2.45, 2.75) is 81.1 Å². The van der Waals surface area contributed by atoms with Crippen LogP contribution in [0.15, 0.2) is 41.3 Å². The molecule has 2 aliphatic carbocycles. The van der Waals surface area contributed by atoms with Gasteiger partial charge in [-0.25, -0.2) is 17.5 Å². The van der Waals surface area contributed by atoms with Crippen molar-refractivity contribution < 1.29 is 27.5 Å². The third-order valence-corrected chi connectivity index (χ3v) is 9.68. The van der Waals surface area contributed by atoms with E-state index in [-0.39, 0.29) is 22.7 Å². The van der Waals surface area contributed by atoms with Crippen LogP contribution in [0.2, 0.25) is 0 Å². The molecular formula is C28H35N3O6S. The molecule has 3 amide bonds. The average Bonchev–Trinajstić information content (AvgIpc) is 3.49. The number of ether oxygens (including phenoxy) is 2. The van der Waals surface area contributed by atoms with Gasteiger partial charge < -0.3 is 20.1 Å². The number of fused-ring (bicyclic) bond motifs is 2. The van der Waals surface area contributed by atoms with Gasteiger partial charge in [-0.3, -0.25) is 4.79 Å². The van der Waals surface area contributed by atoms with Crippen LogP contribution in [0.25, 0.3) is 0 Å². The van der Waals surface area contributed by atoms with Crippen LogP contribution in [0, 0.1) is 0 Å². The largest absolute Gasteiger partial charge is 0.495 e. The van der Waals surface area contributed by atoms with E-state index >= 15 is 0 Å². The molecule has 0 radical (unpaired) electrons. The van der Waals surface area contributed by atoms with Gasteiger partial charge in [-0.2, -0.15) is 0 Å². The summed E-state index contributed by atoms with van der Waals surface area (Å²) in [5.74, 6) is 0.238. The SMILES string of the molecule is CCOc1ccc2c(c1)C1(CCCCC1)C(=O)N2S(=O)(=O)c1ccc(NC(=O)NC2CCCC2)cc1OC. The highest BCUT2D eigenvalue weighted by Crippen LogP contribution is 2.53. The highest BCUT2D eigenvalue weighted by atomic mass is 32.2. The molecular weight excluding hydrogens is 506 g/mol. The van der Waals surface area contributed by atoms with Gasteiger partial charge in [0.1, 0.15) is 16.4 Å². The fourth-order valence-electron chi connectivity index (χ4n) is 6.11. The van der Waals surface area contributed by atoms with Crippen molar-refractivity contribution in [2.75, 3.05) is 23.3 Å². The molecule has 2 aromatic rings. The average molecular weight is 542 g/mol. The Morgan fingerprint density at radius 2 is 1.79 bits per heavy atom. The molecule has 204 valence electrons. The van der Waals surface area contributed by atoms with Crippen molar-refractivity contribution in [3.05, 3.63) is 42.0 Å². The number of methoxy groups -OCH3 is 1. The summed E-state index contributed by atoms with van der Waals surface area (Å²) in [5, 5.41) is 5.71. The molecule has 10 heteroatoms. The highest BCUT2D eigenvalue weighted by molar-refractivity contribution is 7.93. The predicted molar refractivity (Wildman–Crippen MR) is 144 cm³/mol. The predicted octanol–water partition coefficient (Wildman–Crippen LogP) is 5.10. The number of hydrogen-bond acceptors (Lipinski definition) is 6. The van der Waals surface area contributed by atoms with E-state index in [0.29, 0.717) is 42.1 Å². The normalized spacial score (nSPS) is 18.9. The molecule has 2 aromatic carbocycles. The number of carbonyl (C=O) groups is 2.